The fourth-order valence-electron chi connectivity index (χ4n) is 2.67. The molecule has 108 valence electrons. The van der Waals surface area contributed by atoms with Crippen LogP contribution < -0.4 is 5.06 Å². The molecule has 1 aliphatic rings. The van der Waals surface area contributed by atoms with Crippen LogP contribution in [0.15, 0.2) is 60.7 Å². The molecule has 4 heteroatoms. The van der Waals surface area contributed by atoms with Crippen molar-refractivity contribution in [2.24, 2.45) is 5.92 Å². The average Bonchev–Trinajstić information content (AvgIpc) is 3.00. The maximum absolute atomic E-state index is 12.0. The highest BCUT2D eigenvalue weighted by molar-refractivity contribution is 5.75. The lowest BCUT2D eigenvalue weighted by Gasteiger charge is -2.26. The molecule has 0 aromatic heterocycles. The number of esters is 1. The zero-order valence-electron chi connectivity index (χ0n) is 11.8. The number of methoxy groups -OCH3 is 1. The van der Waals surface area contributed by atoms with Gasteiger partial charge in [-0.3, -0.25) is 9.63 Å². The summed E-state index contributed by atoms with van der Waals surface area (Å²) >= 11 is 0. The molecule has 4 nitrogen and oxygen atoms in total. The molecule has 1 saturated heterocycles. The maximum atomic E-state index is 12.0. The minimum Gasteiger partial charge on any atom is -0.469 e. The summed E-state index contributed by atoms with van der Waals surface area (Å²) in [4.78, 5) is 17.8. The predicted octanol–water partition coefficient (Wildman–Crippen LogP) is 2.97. The van der Waals surface area contributed by atoms with E-state index in [9.17, 15) is 4.79 Å². The van der Waals surface area contributed by atoms with E-state index in [1.807, 2.05) is 60.7 Å². The number of nitrogens with zero attached hydrogens (tertiary/aromatic N) is 1. The van der Waals surface area contributed by atoms with Gasteiger partial charge in [0.15, 0.2) is 0 Å². The number of carbonyl (C=O) groups excluding carboxylic acids is 1. The van der Waals surface area contributed by atoms with Crippen molar-refractivity contribution in [1.29, 1.82) is 0 Å². The number of benzene rings is 2. The monoisotopic (exact) mass is 283 g/mol. The van der Waals surface area contributed by atoms with Gasteiger partial charge in [0.1, 0.15) is 5.92 Å². The number of anilines is 1. The number of carbonyl (C=O) groups is 1. The second-order valence-corrected chi connectivity index (χ2v) is 4.94. The Hall–Kier alpha value is -2.33. The molecule has 0 radical (unpaired) electrons. The van der Waals surface area contributed by atoms with Crippen LogP contribution in [0.25, 0.3) is 0 Å². The molecule has 2 aromatic carbocycles. The Kier molecular flexibility index (Phi) is 3.88. The van der Waals surface area contributed by atoms with E-state index in [1.54, 1.807) is 5.06 Å². The van der Waals surface area contributed by atoms with Crippen LogP contribution in [0.5, 0.6) is 0 Å². The highest BCUT2D eigenvalue weighted by Gasteiger charge is 2.42. The van der Waals surface area contributed by atoms with Gasteiger partial charge in [0.2, 0.25) is 0 Å². The molecule has 21 heavy (non-hydrogen) atoms. The SMILES string of the molecule is COC(=O)C1CON(c2ccccc2)C1c1ccccc1. The van der Waals surface area contributed by atoms with Crippen LogP contribution in [0.2, 0.25) is 0 Å². The van der Waals surface area contributed by atoms with Gasteiger partial charge in [0, 0.05) is 0 Å². The lowest BCUT2D eigenvalue weighted by Crippen LogP contribution is -2.28. The van der Waals surface area contributed by atoms with E-state index in [1.165, 1.54) is 7.11 Å². The minimum atomic E-state index is -0.336. The van der Waals surface area contributed by atoms with Gasteiger partial charge >= 0.3 is 5.97 Å². The van der Waals surface area contributed by atoms with Crippen molar-refractivity contribution in [2.45, 2.75) is 6.04 Å². The van der Waals surface area contributed by atoms with E-state index in [4.69, 9.17) is 9.57 Å². The van der Waals surface area contributed by atoms with Gasteiger partial charge in [-0.15, -0.1) is 0 Å². The van der Waals surface area contributed by atoms with Crippen LogP contribution in [0, 0.1) is 5.92 Å². The number of para-hydroxylation sites is 1. The average molecular weight is 283 g/mol. The maximum Gasteiger partial charge on any atom is 0.313 e. The van der Waals surface area contributed by atoms with Gasteiger partial charge in [-0.05, 0) is 17.7 Å². The first-order chi connectivity index (χ1) is 10.3. The first-order valence-corrected chi connectivity index (χ1v) is 6.91. The van der Waals surface area contributed by atoms with E-state index in [0.717, 1.165) is 11.3 Å². The predicted molar refractivity (Wildman–Crippen MR) is 79.6 cm³/mol. The van der Waals surface area contributed by atoms with Gasteiger partial charge in [0.25, 0.3) is 0 Å². The van der Waals surface area contributed by atoms with Crippen LogP contribution in [0.3, 0.4) is 0 Å². The van der Waals surface area contributed by atoms with Gasteiger partial charge < -0.3 is 4.74 Å². The third-order valence-corrected chi connectivity index (χ3v) is 3.68. The van der Waals surface area contributed by atoms with Crippen molar-refractivity contribution < 1.29 is 14.4 Å². The van der Waals surface area contributed by atoms with Crippen LogP contribution in [-0.4, -0.2) is 19.7 Å². The summed E-state index contributed by atoms with van der Waals surface area (Å²) in [6, 6.07) is 19.5. The van der Waals surface area contributed by atoms with Crippen molar-refractivity contribution in [1.82, 2.24) is 0 Å². The normalized spacial score (nSPS) is 21.3. The van der Waals surface area contributed by atoms with Gasteiger partial charge in [0.05, 0.1) is 25.4 Å². The Morgan fingerprint density at radius 3 is 2.33 bits per heavy atom. The summed E-state index contributed by atoms with van der Waals surface area (Å²) in [6.07, 6.45) is 0. The van der Waals surface area contributed by atoms with E-state index in [-0.39, 0.29) is 17.9 Å². The molecule has 0 saturated carbocycles. The third-order valence-electron chi connectivity index (χ3n) is 3.68. The molecule has 3 rings (SSSR count). The molecule has 2 aromatic rings. The quantitative estimate of drug-likeness (QED) is 0.812. The first kappa shape index (κ1) is 13.6. The topological polar surface area (TPSA) is 38.8 Å². The minimum absolute atomic E-state index is 0.180. The van der Waals surface area contributed by atoms with Crippen molar-refractivity contribution in [2.75, 3.05) is 18.8 Å². The van der Waals surface area contributed by atoms with E-state index in [2.05, 4.69) is 0 Å². The highest BCUT2D eigenvalue weighted by Crippen LogP contribution is 2.39. The smallest absolute Gasteiger partial charge is 0.313 e. The summed E-state index contributed by atoms with van der Waals surface area (Å²) in [7, 11) is 1.41. The Bertz CT molecular complexity index is 600. The molecule has 2 unspecified atom stereocenters. The lowest BCUT2D eigenvalue weighted by molar-refractivity contribution is -0.145. The zero-order valence-corrected chi connectivity index (χ0v) is 11.8. The van der Waals surface area contributed by atoms with Crippen LogP contribution >= 0.6 is 0 Å². The molecule has 0 aliphatic carbocycles. The van der Waals surface area contributed by atoms with E-state index < -0.39 is 0 Å². The summed E-state index contributed by atoms with van der Waals surface area (Å²) in [5.41, 5.74) is 1.96. The molecular weight excluding hydrogens is 266 g/mol. The first-order valence-electron chi connectivity index (χ1n) is 6.91. The Morgan fingerprint density at radius 1 is 1.10 bits per heavy atom. The molecule has 1 aliphatic heterocycles. The lowest BCUT2D eigenvalue weighted by atomic mass is 9.94. The van der Waals surface area contributed by atoms with Crippen molar-refractivity contribution in [3.63, 3.8) is 0 Å². The summed E-state index contributed by atoms with van der Waals surface area (Å²) < 4.78 is 4.92. The second-order valence-electron chi connectivity index (χ2n) is 4.94. The van der Waals surface area contributed by atoms with E-state index >= 15 is 0 Å². The third kappa shape index (κ3) is 2.62. The fourth-order valence-corrected chi connectivity index (χ4v) is 2.67. The van der Waals surface area contributed by atoms with E-state index in [0.29, 0.717) is 6.61 Å². The standard InChI is InChI=1S/C17H17NO3/c1-20-17(19)15-12-21-18(14-10-6-3-7-11-14)16(15)13-8-4-2-5-9-13/h2-11,15-16H,12H2,1H3. The molecular formula is C17H17NO3. The molecule has 0 bridgehead atoms. The summed E-state index contributed by atoms with van der Waals surface area (Å²) in [5, 5.41) is 1.80. The fraction of sp³-hybridized carbons (Fsp3) is 0.235. The molecule has 0 amide bonds. The number of hydrogen-bond acceptors (Lipinski definition) is 4. The highest BCUT2D eigenvalue weighted by atomic mass is 16.7. The number of hydrogen-bond donors (Lipinski definition) is 0. The van der Waals surface area contributed by atoms with Gasteiger partial charge in [-0.2, -0.15) is 0 Å². The number of ether oxygens (including phenoxy) is 1. The number of hydroxylamine groups is 1. The molecule has 1 heterocycles. The van der Waals surface area contributed by atoms with Gasteiger partial charge in [-0.25, -0.2) is 5.06 Å². The summed E-state index contributed by atoms with van der Waals surface area (Å²) in [5.74, 6) is -0.583. The van der Waals surface area contributed by atoms with Gasteiger partial charge in [-0.1, -0.05) is 48.5 Å². The molecule has 0 spiro atoms. The van der Waals surface area contributed by atoms with Crippen LogP contribution in [-0.2, 0) is 14.4 Å². The van der Waals surface area contributed by atoms with Crippen molar-refractivity contribution >= 4 is 11.7 Å². The second kappa shape index (κ2) is 5.97. The Balaban J connectivity index is 1.99. The molecule has 0 N–H and O–H groups in total. The largest absolute Gasteiger partial charge is 0.469 e. The van der Waals surface area contributed by atoms with Crippen LogP contribution in [0.1, 0.15) is 11.6 Å². The molecule has 2 atom stereocenters. The van der Waals surface area contributed by atoms with Crippen molar-refractivity contribution in [3.05, 3.63) is 66.2 Å². The number of rotatable bonds is 3. The Labute approximate surface area is 123 Å². The van der Waals surface area contributed by atoms with Crippen LogP contribution in [0.4, 0.5) is 5.69 Å². The summed E-state index contributed by atoms with van der Waals surface area (Å²) in [6.45, 7) is 0.321. The molecule has 1 fully saturated rings. The van der Waals surface area contributed by atoms with Crippen molar-refractivity contribution in [3.8, 4) is 0 Å². The zero-order chi connectivity index (χ0) is 14.7. The Morgan fingerprint density at radius 2 is 1.71 bits per heavy atom.